The number of likely N-dealkylation sites (tertiary alicyclic amines) is 2. The van der Waals surface area contributed by atoms with E-state index in [-0.39, 0.29) is 41.8 Å². The smallest absolute Gasteiger partial charge is 0.411 e. The van der Waals surface area contributed by atoms with Crippen molar-refractivity contribution in [3.05, 3.63) is 54.4 Å². The molecule has 1 aromatic carbocycles. The summed E-state index contributed by atoms with van der Waals surface area (Å²) in [5, 5.41) is 0. The van der Waals surface area contributed by atoms with E-state index in [0.29, 0.717) is 32.7 Å². The van der Waals surface area contributed by atoms with Gasteiger partial charge in [-0.3, -0.25) is 24.4 Å². The maximum atomic E-state index is 14.7. The van der Waals surface area contributed by atoms with Gasteiger partial charge < -0.3 is 19.1 Å². The molecule has 3 amide bonds. The number of anilines is 1. The second kappa shape index (κ2) is 11.0. The zero-order valence-corrected chi connectivity index (χ0v) is 26.7. The van der Waals surface area contributed by atoms with Crippen molar-refractivity contribution in [2.75, 3.05) is 44.9 Å². The lowest BCUT2D eigenvalue weighted by Gasteiger charge is -2.41. The number of nitrogens with zero attached hydrogens (tertiary/aromatic N) is 4. The third-order valence-corrected chi connectivity index (χ3v) is 9.53. The van der Waals surface area contributed by atoms with Crippen LogP contribution in [0.5, 0.6) is 0 Å². The van der Waals surface area contributed by atoms with Crippen LogP contribution in [0, 0.1) is 5.41 Å². The molecule has 0 N–H and O–H groups in total. The number of aromatic nitrogens is 1. The molecule has 254 valence electrons. The minimum Gasteiger partial charge on any atom is -0.444 e. The van der Waals surface area contributed by atoms with E-state index in [4.69, 9.17) is 14.2 Å². The maximum Gasteiger partial charge on any atom is 0.411 e. The number of hydrogen-bond acceptors (Lipinski definition) is 7. The lowest BCUT2D eigenvalue weighted by molar-refractivity contribution is -0.138. The predicted molar refractivity (Wildman–Crippen MR) is 159 cm³/mol. The number of ether oxygens (including phenoxy) is 3. The van der Waals surface area contributed by atoms with Crippen LogP contribution < -0.4 is 4.90 Å². The van der Waals surface area contributed by atoms with Crippen LogP contribution in [0.25, 0.3) is 0 Å². The van der Waals surface area contributed by atoms with E-state index in [1.807, 2.05) is 0 Å². The molecule has 10 nitrogen and oxygen atoms in total. The summed E-state index contributed by atoms with van der Waals surface area (Å²) >= 11 is 0. The van der Waals surface area contributed by atoms with Gasteiger partial charge in [0.1, 0.15) is 22.6 Å². The van der Waals surface area contributed by atoms with Crippen LogP contribution in [-0.4, -0.2) is 90.4 Å². The second-order valence-corrected chi connectivity index (χ2v) is 15.5. The van der Waals surface area contributed by atoms with Crippen molar-refractivity contribution < 1.29 is 48.0 Å². The number of amides is 3. The van der Waals surface area contributed by atoms with E-state index < -0.39 is 56.8 Å². The van der Waals surface area contributed by atoms with E-state index in [1.54, 1.807) is 25.7 Å². The summed E-state index contributed by atoms with van der Waals surface area (Å²) in [5.41, 5.74) is -1.20. The number of benzene rings is 1. The van der Waals surface area contributed by atoms with Crippen molar-refractivity contribution in [3.8, 4) is 0 Å². The average molecular weight is 677 g/mol. The molecule has 3 aliphatic heterocycles. The van der Waals surface area contributed by atoms with E-state index in [1.165, 1.54) is 31.6 Å². The molecule has 1 unspecified atom stereocenters. The summed E-state index contributed by atoms with van der Waals surface area (Å²) in [6.45, 7) is 6.47. The molecule has 1 spiro atoms. The highest BCUT2D eigenvalue weighted by Gasteiger charge is 2.65. The van der Waals surface area contributed by atoms with Crippen LogP contribution in [-0.2, 0) is 23.8 Å². The molecule has 3 atom stereocenters. The molecule has 0 saturated carbocycles. The van der Waals surface area contributed by atoms with Crippen LogP contribution in [0.1, 0.15) is 45.2 Å². The van der Waals surface area contributed by atoms with Gasteiger partial charge >= 0.3 is 16.3 Å². The number of methoxy groups -OCH3 is 1. The van der Waals surface area contributed by atoms with Gasteiger partial charge in [0.05, 0.1) is 25.9 Å². The Bertz CT molecular complexity index is 1490. The highest BCUT2D eigenvalue weighted by atomic mass is 32.5. The molecule has 3 aliphatic rings. The van der Waals surface area contributed by atoms with Crippen molar-refractivity contribution >= 4 is 33.8 Å². The molecule has 4 heterocycles. The van der Waals surface area contributed by atoms with Gasteiger partial charge in [-0.1, -0.05) is 25.5 Å². The van der Waals surface area contributed by atoms with Crippen molar-refractivity contribution in [2.45, 2.75) is 62.3 Å². The zero-order chi connectivity index (χ0) is 33.8. The van der Waals surface area contributed by atoms with E-state index >= 15 is 0 Å². The molecule has 16 heteroatoms. The normalized spacial score (nSPS) is 23.3. The number of carbonyl (C=O) groups excluding carboxylic acids is 3. The standard InChI is InChI=1S/C30H37F5N4O6S/c1-29(2,3)45-28(42)38-16-22(43-4)14-24(38)26(40)39(21-7-9-23(10-8-21)46(31,32,33,34)35)25(20-6-5-12-36-15-20)27(41)37-13-11-30(17-37)18-44-19-30/h5-10,12,15,22,24-25H,11,13-14,16-19H2,1-4H3/t22-,24-,25?/m1/s1. The van der Waals surface area contributed by atoms with Gasteiger partial charge in [0, 0.05) is 55.7 Å². The Morgan fingerprint density at radius 1 is 1.09 bits per heavy atom. The Morgan fingerprint density at radius 3 is 2.26 bits per heavy atom. The first-order chi connectivity index (χ1) is 21.2. The molecule has 0 bridgehead atoms. The van der Waals surface area contributed by atoms with Gasteiger partial charge in [0.25, 0.3) is 5.91 Å². The first-order valence-electron chi connectivity index (χ1n) is 14.7. The Morgan fingerprint density at radius 2 is 1.76 bits per heavy atom. The molecule has 1 aromatic heterocycles. The lowest BCUT2D eigenvalue weighted by Crippen LogP contribution is -2.53. The fourth-order valence-corrected chi connectivity index (χ4v) is 6.67. The van der Waals surface area contributed by atoms with Gasteiger partial charge in [0.2, 0.25) is 5.91 Å². The molecular weight excluding hydrogens is 639 g/mol. The molecule has 0 radical (unpaired) electrons. The summed E-state index contributed by atoms with van der Waals surface area (Å²) < 4.78 is 84.8. The Kier molecular flexibility index (Phi) is 8.13. The Balaban J connectivity index is 1.62. The van der Waals surface area contributed by atoms with Crippen LogP contribution >= 0.6 is 10.2 Å². The SMILES string of the molecule is CO[C@@H]1C[C@H](C(=O)N(c2ccc(S(F)(F)(F)(F)F)cc2)C(C(=O)N2CCC3(COC3)C2)c2cccnc2)N(C(=O)OC(C)(C)C)C1. The van der Waals surface area contributed by atoms with E-state index in [0.717, 1.165) is 21.9 Å². The van der Waals surface area contributed by atoms with Crippen molar-refractivity contribution in [3.63, 3.8) is 0 Å². The van der Waals surface area contributed by atoms with Crippen molar-refractivity contribution in [1.82, 2.24) is 14.8 Å². The maximum absolute atomic E-state index is 14.7. The Hall–Kier alpha value is -3.50. The summed E-state index contributed by atoms with van der Waals surface area (Å²) in [6, 6.07) is 2.17. The molecule has 46 heavy (non-hydrogen) atoms. The van der Waals surface area contributed by atoms with E-state index in [2.05, 4.69) is 4.98 Å². The minimum absolute atomic E-state index is 0.0211. The lowest BCUT2D eigenvalue weighted by atomic mass is 9.85. The fourth-order valence-electron chi connectivity index (χ4n) is 6.01. The highest BCUT2D eigenvalue weighted by molar-refractivity contribution is 8.45. The molecule has 3 fully saturated rings. The van der Waals surface area contributed by atoms with Crippen molar-refractivity contribution in [1.29, 1.82) is 0 Å². The molecule has 5 rings (SSSR count). The minimum atomic E-state index is -10.1. The zero-order valence-electron chi connectivity index (χ0n) is 25.8. The first kappa shape index (κ1) is 33.9. The fraction of sp³-hybridized carbons (Fsp3) is 0.533. The molecular formula is C30H37F5N4O6S. The van der Waals surface area contributed by atoms with Gasteiger partial charge in [-0.05, 0) is 57.5 Å². The Labute approximate surface area is 263 Å². The number of halogens is 5. The molecule has 0 aliphatic carbocycles. The number of hydrogen-bond donors (Lipinski definition) is 0. The van der Waals surface area contributed by atoms with Gasteiger partial charge in [-0.15, -0.1) is 0 Å². The molecule has 3 saturated heterocycles. The highest BCUT2D eigenvalue weighted by Crippen LogP contribution is 3.02. The third-order valence-electron chi connectivity index (χ3n) is 8.37. The summed E-state index contributed by atoms with van der Waals surface area (Å²) in [4.78, 5) is 48.0. The third kappa shape index (κ3) is 7.08. The van der Waals surface area contributed by atoms with Crippen LogP contribution in [0.2, 0.25) is 0 Å². The monoisotopic (exact) mass is 676 g/mol. The number of carbonyl (C=O) groups is 3. The summed E-state index contributed by atoms with van der Waals surface area (Å²) in [6.07, 6.45) is 1.98. The largest absolute Gasteiger partial charge is 0.444 e. The van der Waals surface area contributed by atoms with Crippen LogP contribution in [0.3, 0.4) is 0 Å². The van der Waals surface area contributed by atoms with Crippen LogP contribution in [0.15, 0.2) is 53.7 Å². The van der Waals surface area contributed by atoms with Gasteiger partial charge in [0.15, 0.2) is 0 Å². The molecule has 2 aromatic rings. The predicted octanol–water partition coefficient (Wildman–Crippen LogP) is 6.09. The second-order valence-electron chi connectivity index (χ2n) is 13.1. The van der Waals surface area contributed by atoms with E-state index in [9.17, 15) is 33.8 Å². The summed E-state index contributed by atoms with van der Waals surface area (Å²) in [7, 11) is -8.67. The number of rotatable bonds is 7. The number of pyridine rings is 1. The quantitative estimate of drug-likeness (QED) is 0.328. The first-order valence-corrected chi connectivity index (χ1v) is 16.6. The van der Waals surface area contributed by atoms with Crippen LogP contribution in [0.4, 0.5) is 29.9 Å². The van der Waals surface area contributed by atoms with Crippen molar-refractivity contribution in [2.24, 2.45) is 5.41 Å². The topological polar surface area (TPSA) is 102 Å². The average Bonchev–Trinajstić information content (AvgIpc) is 3.60. The van der Waals surface area contributed by atoms with Gasteiger partial charge in [-0.2, -0.15) is 0 Å². The van der Waals surface area contributed by atoms with Gasteiger partial charge in [-0.25, -0.2) is 4.79 Å². The summed E-state index contributed by atoms with van der Waals surface area (Å²) in [5.74, 6) is -1.39.